The van der Waals surface area contributed by atoms with Crippen molar-refractivity contribution in [3.63, 3.8) is 0 Å². The van der Waals surface area contributed by atoms with Crippen LogP contribution in [-0.2, 0) is 4.79 Å². The highest BCUT2D eigenvalue weighted by molar-refractivity contribution is 5.86. The van der Waals surface area contributed by atoms with Crippen molar-refractivity contribution < 1.29 is 18.7 Å². The highest BCUT2D eigenvalue weighted by Crippen LogP contribution is 2.37. The number of hydrogen-bond acceptors (Lipinski definition) is 5. The number of halogens is 2. The van der Waals surface area contributed by atoms with Gasteiger partial charge in [0.05, 0.1) is 12.2 Å². The molecule has 0 amide bonds. The molecule has 1 unspecified atom stereocenters. The Morgan fingerprint density at radius 2 is 2.09 bits per heavy atom. The molecule has 32 heavy (non-hydrogen) atoms. The first-order valence-electron chi connectivity index (χ1n) is 10.4. The molecular weight excluding hydrogens is 416 g/mol. The Kier molecular flexibility index (Phi) is 4.88. The van der Waals surface area contributed by atoms with Crippen molar-refractivity contribution in [3.05, 3.63) is 77.8 Å². The van der Waals surface area contributed by atoms with Crippen molar-refractivity contribution in [3.8, 4) is 0 Å². The minimum atomic E-state index is -0.972. The molecule has 4 heterocycles. The summed E-state index contributed by atoms with van der Waals surface area (Å²) in [6, 6.07) is 4.09. The zero-order valence-corrected chi connectivity index (χ0v) is 17.3. The van der Waals surface area contributed by atoms with Crippen LogP contribution in [0.2, 0.25) is 0 Å². The third kappa shape index (κ3) is 3.30. The van der Waals surface area contributed by atoms with Crippen LogP contribution < -0.4 is 9.80 Å². The number of carbonyl (C=O) groups is 1. The van der Waals surface area contributed by atoms with E-state index in [0.29, 0.717) is 41.3 Å². The van der Waals surface area contributed by atoms with E-state index >= 15 is 0 Å². The van der Waals surface area contributed by atoms with Gasteiger partial charge >= 0.3 is 5.97 Å². The normalized spacial score (nSPS) is 20.8. The number of rotatable bonds is 4. The molecule has 1 aromatic carbocycles. The van der Waals surface area contributed by atoms with Crippen LogP contribution >= 0.6 is 0 Å². The highest BCUT2D eigenvalue weighted by Gasteiger charge is 2.32. The molecule has 1 saturated heterocycles. The lowest BCUT2D eigenvalue weighted by molar-refractivity contribution is -0.137. The van der Waals surface area contributed by atoms with Gasteiger partial charge in [-0.3, -0.25) is 0 Å². The lowest BCUT2D eigenvalue weighted by atomic mass is 10.0. The zero-order valence-electron chi connectivity index (χ0n) is 17.3. The second-order valence-corrected chi connectivity index (χ2v) is 8.00. The summed E-state index contributed by atoms with van der Waals surface area (Å²) in [5.41, 5.74) is 2.04. The Balaban J connectivity index is 1.55. The van der Waals surface area contributed by atoms with Gasteiger partial charge in [-0.1, -0.05) is 6.08 Å². The minimum absolute atomic E-state index is 0.309. The second-order valence-electron chi connectivity index (χ2n) is 8.00. The monoisotopic (exact) mass is 437 g/mol. The maximum Gasteiger partial charge on any atom is 0.331 e. The summed E-state index contributed by atoms with van der Waals surface area (Å²) in [4.78, 5) is 20.3. The third-order valence-electron chi connectivity index (χ3n) is 6.03. The number of aromatic nitrogens is 3. The molecule has 1 fully saturated rings. The Morgan fingerprint density at radius 3 is 2.91 bits per heavy atom. The number of aliphatic carboxylic acids is 1. The summed E-state index contributed by atoms with van der Waals surface area (Å²) < 4.78 is 29.9. The highest BCUT2D eigenvalue weighted by atomic mass is 19.1. The van der Waals surface area contributed by atoms with E-state index in [-0.39, 0.29) is 6.04 Å². The molecule has 0 bridgehead atoms. The fourth-order valence-electron chi connectivity index (χ4n) is 4.54. The molecule has 2 aliphatic heterocycles. The van der Waals surface area contributed by atoms with Crippen LogP contribution in [0.5, 0.6) is 0 Å². The largest absolute Gasteiger partial charge is 0.479 e. The van der Waals surface area contributed by atoms with Gasteiger partial charge in [0, 0.05) is 24.5 Å². The molecule has 2 aromatic heterocycles. The molecule has 164 valence electrons. The Morgan fingerprint density at radius 1 is 1.25 bits per heavy atom. The van der Waals surface area contributed by atoms with E-state index < -0.39 is 23.6 Å². The minimum Gasteiger partial charge on any atom is -0.479 e. The standard InChI is InChI=1S/C23H21F2N5O2/c1-14-4-2-10-29(21(14)23(31)32)19-13-26-30-11-8-20(27-22(19)30)28-9-3-5-18(28)16-12-15(24)6-7-17(16)25/h2,4,6-8,10-13,18,21H,3,5,9H2,1H3,(H,31,32)/t18?,21-/m1/s1. The average molecular weight is 437 g/mol. The van der Waals surface area contributed by atoms with Gasteiger partial charge in [0.1, 0.15) is 23.1 Å². The summed E-state index contributed by atoms with van der Waals surface area (Å²) in [7, 11) is 0. The van der Waals surface area contributed by atoms with Crippen LogP contribution in [0.3, 0.4) is 0 Å². The summed E-state index contributed by atoms with van der Waals surface area (Å²) in [5, 5.41) is 14.1. The molecule has 7 nitrogen and oxygen atoms in total. The van der Waals surface area contributed by atoms with E-state index in [0.717, 1.165) is 18.6 Å². The van der Waals surface area contributed by atoms with Gasteiger partial charge in [-0.15, -0.1) is 0 Å². The van der Waals surface area contributed by atoms with E-state index in [4.69, 9.17) is 4.98 Å². The molecule has 0 spiro atoms. The number of allylic oxidation sites excluding steroid dienone is 2. The number of nitrogens with zero attached hydrogens (tertiary/aromatic N) is 5. The molecular formula is C23H21F2N5O2. The topological polar surface area (TPSA) is 74.0 Å². The van der Waals surface area contributed by atoms with E-state index in [1.54, 1.807) is 53.2 Å². The number of hydrogen-bond donors (Lipinski definition) is 1. The molecule has 0 aliphatic carbocycles. The van der Waals surface area contributed by atoms with Gasteiger partial charge in [-0.25, -0.2) is 23.1 Å². The van der Waals surface area contributed by atoms with Crippen LogP contribution in [0.1, 0.15) is 31.4 Å². The smallest absolute Gasteiger partial charge is 0.331 e. The van der Waals surface area contributed by atoms with Crippen molar-refractivity contribution >= 4 is 23.1 Å². The summed E-state index contributed by atoms with van der Waals surface area (Å²) >= 11 is 0. The van der Waals surface area contributed by atoms with Gasteiger partial charge in [0.15, 0.2) is 11.7 Å². The lowest BCUT2D eigenvalue weighted by Gasteiger charge is -2.30. The molecule has 2 atom stereocenters. The van der Waals surface area contributed by atoms with Crippen LogP contribution in [-0.4, -0.2) is 38.3 Å². The first kappa shape index (κ1) is 20.2. The fraction of sp³-hybridized carbons (Fsp3) is 0.261. The van der Waals surface area contributed by atoms with Gasteiger partial charge in [-0.05, 0) is 55.7 Å². The first-order valence-corrected chi connectivity index (χ1v) is 10.4. The number of benzene rings is 1. The number of fused-ring (bicyclic) bond motifs is 1. The molecule has 5 rings (SSSR count). The predicted molar refractivity (Wildman–Crippen MR) is 115 cm³/mol. The first-order chi connectivity index (χ1) is 15.4. The third-order valence-corrected chi connectivity index (χ3v) is 6.03. The second kappa shape index (κ2) is 7.74. The van der Waals surface area contributed by atoms with Crippen molar-refractivity contribution in [1.82, 2.24) is 14.6 Å². The van der Waals surface area contributed by atoms with Crippen LogP contribution in [0.25, 0.3) is 5.65 Å². The molecule has 3 aromatic rings. The van der Waals surface area contributed by atoms with Gasteiger partial charge in [-0.2, -0.15) is 5.10 Å². The Labute approximate surface area is 182 Å². The molecule has 9 heteroatoms. The number of anilines is 2. The number of carboxylic acids is 1. The maximum absolute atomic E-state index is 14.5. The van der Waals surface area contributed by atoms with E-state index in [2.05, 4.69) is 5.10 Å². The predicted octanol–water partition coefficient (Wildman–Crippen LogP) is 4.08. The van der Waals surface area contributed by atoms with Crippen molar-refractivity contribution in [1.29, 1.82) is 0 Å². The fourth-order valence-corrected chi connectivity index (χ4v) is 4.54. The summed E-state index contributed by atoms with van der Waals surface area (Å²) in [6.07, 6.45) is 10.1. The quantitative estimate of drug-likeness (QED) is 0.663. The average Bonchev–Trinajstić information content (AvgIpc) is 3.41. The van der Waals surface area contributed by atoms with Gasteiger partial charge < -0.3 is 14.9 Å². The van der Waals surface area contributed by atoms with Crippen LogP contribution in [0.15, 0.2) is 60.6 Å². The van der Waals surface area contributed by atoms with Crippen LogP contribution in [0.4, 0.5) is 20.3 Å². The Bertz CT molecular complexity index is 1270. The maximum atomic E-state index is 14.5. The SMILES string of the molecule is CC1=CC=CN(c2cnn3ccc(N4CCCC4c4cc(F)ccc4F)nc23)[C@H]1C(=O)O. The zero-order chi connectivity index (χ0) is 22.4. The van der Waals surface area contributed by atoms with Crippen molar-refractivity contribution in [2.75, 3.05) is 16.3 Å². The van der Waals surface area contributed by atoms with E-state index in [1.165, 1.54) is 6.07 Å². The molecule has 0 radical (unpaired) electrons. The molecule has 0 saturated carbocycles. The Hall–Kier alpha value is -3.75. The van der Waals surface area contributed by atoms with E-state index in [1.807, 2.05) is 4.90 Å². The van der Waals surface area contributed by atoms with Crippen molar-refractivity contribution in [2.45, 2.75) is 31.8 Å². The van der Waals surface area contributed by atoms with Crippen molar-refractivity contribution in [2.24, 2.45) is 0 Å². The van der Waals surface area contributed by atoms with Gasteiger partial charge in [0.25, 0.3) is 0 Å². The molecule has 1 N–H and O–H groups in total. The van der Waals surface area contributed by atoms with Gasteiger partial charge in [0.2, 0.25) is 0 Å². The lowest BCUT2D eigenvalue weighted by Crippen LogP contribution is -2.40. The number of carboxylic acid groups (broad SMARTS) is 1. The van der Waals surface area contributed by atoms with E-state index in [9.17, 15) is 18.7 Å². The summed E-state index contributed by atoms with van der Waals surface area (Å²) in [5.74, 6) is -1.29. The van der Waals surface area contributed by atoms with Crippen LogP contribution in [0, 0.1) is 11.6 Å². The molecule has 2 aliphatic rings. The summed E-state index contributed by atoms with van der Waals surface area (Å²) in [6.45, 7) is 2.42.